The van der Waals surface area contributed by atoms with Crippen LogP contribution in [0.3, 0.4) is 0 Å². The van der Waals surface area contributed by atoms with Crippen LogP contribution in [0.5, 0.6) is 0 Å². The number of anilines is 1. The SMILES string of the molecule is CCOC(=O)C(C)=Nc1cc(C)ccc1N. The predicted octanol–water partition coefficient (Wildman–Crippen LogP) is 2.23. The first-order valence-corrected chi connectivity index (χ1v) is 5.13. The Labute approximate surface area is 95.1 Å². The molecule has 0 saturated carbocycles. The third kappa shape index (κ3) is 3.08. The van der Waals surface area contributed by atoms with Crippen LogP contribution in [0.25, 0.3) is 0 Å². The average Bonchev–Trinajstić information content (AvgIpc) is 2.23. The molecule has 1 rings (SSSR count). The fraction of sp³-hybridized carbons (Fsp3) is 0.333. The number of nitrogens with zero attached hydrogens (tertiary/aromatic N) is 1. The zero-order valence-electron chi connectivity index (χ0n) is 9.78. The molecule has 0 saturated heterocycles. The minimum atomic E-state index is -0.414. The van der Waals surface area contributed by atoms with E-state index < -0.39 is 5.97 Å². The maximum absolute atomic E-state index is 11.3. The number of nitrogens with two attached hydrogens (primary N) is 1. The second kappa shape index (κ2) is 5.30. The van der Waals surface area contributed by atoms with E-state index in [1.807, 2.05) is 19.1 Å². The molecule has 0 aliphatic rings. The van der Waals surface area contributed by atoms with Crippen molar-refractivity contribution < 1.29 is 9.53 Å². The smallest absolute Gasteiger partial charge is 0.352 e. The van der Waals surface area contributed by atoms with E-state index in [9.17, 15) is 4.79 Å². The van der Waals surface area contributed by atoms with Gasteiger partial charge in [0.25, 0.3) is 0 Å². The summed E-state index contributed by atoms with van der Waals surface area (Å²) in [5, 5.41) is 0. The van der Waals surface area contributed by atoms with Gasteiger partial charge in [-0.3, -0.25) is 0 Å². The minimum absolute atomic E-state index is 0.305. The molecule has 16 heavy (non-hydrogen) atoms. The summed E-state index contributed by atoms with van der Waals surface area (Å²) in [4.78, 5) is 15.5. The summed E-state index contributed by atoms with van der Waals surface area (Å²) in [5.41, 5.74) is 8.26. The van der Waals surface area contributed by atoms with Gasteiger partial charge in [-0.25, -0.2) is 9.79 Å². The van der Waals surface area contributed by atoms with E-state index in [2.05, 4.69) is 4.99 Å². The Morgan fingerprint density at radius 3 is 2.81 bits per heavy atom. The normalized spacial score (nSPS) is 11.3. The fourth-order valence-corrected chi connectivity index (χ4v) is 1.21. The molecule has 1 aromatic rings. The second-order valence-corrected chi connectivity index (χ2v) is 3.48. The van der Waals surface area contributed by atoms with E-state index in [-0.39, 0.29) is 0 Å². The van der Waals surface area contributed by atoms with E-state index in [0.29, 0.717) is 23.7 Å². The van der Waals surface area contributed by atoms with Crippen molar-refractivity contribution >= 4 is 23.1 Å². The van der Waals surface area contributed by atoms with Gasteiger partial charge in [-0.05, 0) is 38.5 Å². The van der Waals surface area contributed by atoms with Gasteiger partial charge in [0.2, 0.25) is 0 Å². The molecule has 0 bridgehead atoms. The van der Waals surface area contributed by atoms with Gasteiger partial charge < -0.3 is 10.5 Å². The number of hydrogen-bond donors (Lipinski definition) is 1. The van der Waals surface area contributed by atoms with Crippen LogP contribution in [0, 0.1) is 6.92 Å². The van der Waals surface area contributed by atoms with Gasteiger partial charge in [0.05, 0.1) is 18.0 Å². The largest absolute Gasteiger partial charge is 0.462 e. The number of esters is 1. The summed E-state index contributed by atoms with van der Waals surface area (Å²) in [6, 6.07) is 5.50. The Bertz CT molecular complexity index is 425. The van der Waals surface area contributed by atoms with Gasteiger partial charge in [-0.1, -0.05) is 6.07 Å². The summed E-state index contributed by atoms with van der Waals surface area (Å²) in [5.74, 6) is -0.414. The number of carbonyl (C=O) groups excluding carboxylic acids is 1. The van der Waals surface area contributed by atoms with Gasteiger partial charge >= 0.3 is 5.97 Å². The maximum Gasteiger partial charge on any atom is 0.352 e. The van der Waals surface area contributed by atoms with Crippen molar-refractivity contribution in [1.82, 2.24) is 0 Å². The quantitative estimate of drug-likeness (QED) is 0.482. The van der Waals surface area contributed by atoms with Crippen LogP contribution in [-0.4, -0.2) is 18.3 Å². The molecule has 0 aliphatic carbocycles. The summed E-state index contributed by atoms with van der Waals surface area (Å²) in [6.45, 7) is 5.65. The van der Waals surface area contributed by atoms with Gasteiger partial charge in [-0.2, -0.15) is 0 Å². The van der Waals surface area contributed by atoms with Crippen molar-refractivity contribution in [2.75, 3.05) is 12.3 Å². The Hall–Kier alpha value is -1.84. The lowest BCUT2D eigenvalue weighted by Gasteiger charge is -2.04. The molecule has 0 radical (unpaired) electrons. The van der Waals surface area contributed by atoms with Gasteiger partial charge in [0, 0.05) is 0 Å². The number of aliphatic imine (C=N–C) groups is 1. The van der Waals surface area contributed by atoms with E-state index in [4.69, 9.17) is 10.5 Å². The van der Waals surface area contributed by atoms with E-state index >= 15 is 0 Å². The van der Waals surface area contributed by atoms with E-state index in [1.165, 1.54) is 0 Å². The number of hydrogen-bond acceptors (Lipinski definition) is 4. The summed E-state index contributed by atoms with van der Waals surface area (Å²) >= 11 is 0. The van der Waals surface area contributed by atoms with E-state index in [0.717, 1.165) is 5.56 Å². The lowest BCUT2D eigenvalue weighted by atomic mass is 10.2. The van der Waals surface area contributed by atoms with Crippen LogP contribution >= 0.6 is 0 Å². The highest BCUT2D eigenvalue weighted by Gasteiger charge is 2.07. The molecule has 0 amide bonds. The van der Waals surface area contributed by atoms with Crippen LogP contribution in [0.4, 0.5) is 11.4 Å². The van der Waals surface area contributed by atoms with Crippen LogP contribution in [0.2, 0.25) is 0 Å². The van der Waals surface area contributed by atoms with Crippen molar-refractivity contribution in [3.63, 3.8) is 0 Å². The van der Waals surface area contributed by atoms with E-state index in [1.54, 1.807) is 19.9 Å². The van der Waals surface area contributed by atoms with Crippen molar-refractivity contribution in [2.24, 2.45) is 4.99 Å². The first-order valence-electron chi connectivity index (χ1n) is 5.13. The minimum Gasteiger partial charge on any atom is -0.462 e. The highest BCUT2D eigenvalue weighted by Crippen LogP contribution is 2.23. The molecule has 0 heterocycles. The number of carbonyl (C=O) groups is 1. The van der Waals surface area contributed by atoms with Gasteiger partial charge in [0.15, 0.2) is 0 Å². The highest BCUT2D eigenvalue weighted by atomic mass is 16.5. The molecular formula is C12H16N2O2. The number of rotatable bonds is 3. The average molecular weight is 220 g/mol. The molecule has 86 valence electrons. The third-order valence-corrected chi connectivity index (χ3v) is 2.04. The molecule has 0 unspecified atom stereocenters. The topological polar surface area (TPSA) is 64.7 Å². The molecule has 4 heteroatoms. The van der Waals surface area contributed by atoms with Crippen LogP contribution in [-0.2, 0) is 9.53 Å². The Morgan fingerprint density at radius 1 is 1.50 bits per heavy atom. The summed E-state index contributed by atoms with van der Waals surface area (Å²) < 4.78 is 4.84. The number of nitrogen functional groups attached to an aromatic ring is 1. The van der Waals surface area contributed by atoms with Crippen LogP contribution < -0.4 is 5.73 Å². The maximum atomic E-state index is 11.3. The first-order chi connectivity index (χ1) is 7.54. The zero-order chi connectivity index (χ0) is 12.1. The fourth-order valence-electron chi connectivity index (χ4n) is 1.21. The third-order valence-electron chi connectivity index (χ3n) is 2.04. The van der Waals surface area contributed by atoms with Crippen molar-refractivity contribution in [3.05, 3.63) is 23.8 Å². The second-order valence-electron chi connectivity index (χ2n) is 3.48. The summed E-state index contributed by atoms with van der Waals surface area (Å²) in [7, 11) is 0. The molecule has 0 atom stereocenters. The molecule has 2 N–H and O–H groups in total. The Kier molecular flexibility index (Phi) is 4.05. The monoisotopic (exact) mass is 220 g/mol. The lowest BCUT2D eigenvalue weighted by molar-refractivity contribution is -0.135. The number of aryl methyl sites for hydroxylation is 1. The van der Waals surface area contributed by atoms with Crippen LogP contribution in [0.15, 0.2) is 23.2 Å². The van der Waals surface area contributed by atoms with Crippen LogP contribution in [0.1, 0.15) is 19.4 Å². The molecule has 1 aromatic carbocycles. The summed E-state index contributed by atoms with van der Waals surface area (Å²) in [6.07, 6.45) is 0. The predicted molar refractivity (Wildman–Crippen MR) is 65.0 cm³/mol. The Morgan fingerprint density at radius 2 is 2.19 bits per heavy atom. The lowest BCUT2D eigenvalue weighted by Crippen LogP contribution is -2.13. The first kappa shape index (κ1) is 12.2. The standard InChI is InChI=1S/C12H16N2O2/c1-4-16-12(15)9(3)14-11-7-8(2)5-6-10(11)13/h5-7H,4,13H2,1-3H3. The van der Waals surface area contributed by atoms with Crippen molar-refractivity contribution in [2.45, 2.75) is 20.8 Å². The van der Waals surface area contributed by atoms with Crippen molar-refractivity contribution in [1.29, 1.82) is 0 Å². The molecule has 4 nitrogen and oxygen atoms in total. The molecule has 0 fully saturated rings. The highest BCUT2D eigenvalue weighted by molar-refractivity contribution is 6.36. The molecule has 0 aromatic heterocycles. The number of ether oxygens (including phenoxy) is 1. The zero-order valence-corrected chi connectivity index (χ0v) is 9.78. The number of benzene rings is 1. The molecule has 0 spiro atoms. The molecular weight excluding hydrogens is 204 g/mol. The van der Waals surface area contributed by atoms with Crippen molar-refractivity contribution in [3.8, 4) is 0 Å². The molecule has 0 aliphatic heterocycles. The van der Waals surface area contributed by atoms with Gasteiger partial charge in [-0.15, -0.1) is 0 Å². The van der Waals surface area contributed by atoms with Gasteiger partial charge in [0.1, 0.15) is 5.71 Å². The Balaban J connectivity index is 2.97.